The highest BCUT2D eigenvalue weighted by molar-refractivity contribution is 5.92. The van der Waals surface area contributed by atoms with Crippen molar-refractivity contribution in [2.75, 3.05) is 6.61 Å². The topological polar surface area (TPSA) is 105 Å². The van der Waals surface area contributed by atoms with Gasteiger partial charge in [-0.2, -0.15) is 0 Å². The molecule has 2 amide bonds. The van der Waals surface area contributed by atoms with Gasteiger partial charge < -0.3 is 20.5 Å². The van der Waals surface area contributed by atoms with Crippen LogP contribution in [-0.4, -0.2) is 41.3 Å². The summed E-state index contributed by atoms with van der Waals surface area (Å²) in [6.45, 7) is 1.86. The van der Waals surface area contributed by atoms with Crippen LogP contribution in [0.4, 0.5) is 4.79 Å². The molecule has 1 fully saturated rings. The van der Waals surface area contributed by atoms with Crippen molar-refractivity contribution in [3.63, 3.8) is 0 Å². The molecule has 7 nitrogen and oxygen atoms in total. The molecule has 0 heterocycles. The number of hydrogen-bond acceptors (Lipinski definition) is 4. The molecule has 0 aromatic heterocycles. The van der Waals surface area contributed by atoms with Crippen molar-refractivity contribution >= 4 is 18.0 Å². The Labute approximate surface area is 193 Å². The fourth-order valence-corrected chi connectivity index (χ4v) is 5.03. The standard InChI is InChI=1S/C26H30N2O5/c1-2-22(23(29)30)27-24(31)26(14-8-3-9-15-26)28-25(32)33-16-21-19-12-6-4-10-17(19)18-11-5-7-13-20(18)21/h4-7,10-13,21-22H,2-3,8-9,14-16H2,1H3,(H,27,31)(H,28,32)(H,29,30)/t22-/m1/s1. The third-order valence-corrected chi connectivity index (χ3v) is 6.84. The smallest absolute Gasteiger partial charge is 0.408 e. The molecule has 174 valence electrons. The summed E-state index contributed by atoms with van der Waals surface area (Å²) in [5.74, 6) is -1.61. The van der Waals surface area contributed by atoms with Crippen molar-refractivity contribution < 1.29 is 24.2 Å². The zero-order valence-corrected chi connectivity index (χ0v) is 18.8. The minimum atomic E-state index is -1.15. The maximum Gasteiger partial charge on any atom is 0.408 e. The summed E-state index contributed by atoms with van der Waals surface area (Å²) >= 11 is 0. The van der Waals surface area contributed by atoms with Crippen LogP contribution in [0.1, 0.15) is 62.5 Å². The van der Waals surface area contributed by atoms with Crippen molar-refractivity contribution in [2.24, 2.45) is 0 Å². The third-order valence-electron chi connectivity index (χ3n) is 6.84. The van der Waals surface area contributed by atoms with Crippen LogP contribution in [-0.2, 0) is 14.3 Å². The average Bonchev–Trinajstić information content (AvgIpc) is 3.15. The lowest BCUT2D eigenvalue weighted by molar-refractivity contribution is -0.143. The van der Waals surface area contributed by atoms with Gasteiger partial charge in [0.1, 0.15) is 18.2 Å². The van der Waals surface area contributed by atoms with Gasteiger partial charge in [-0.15, -0.1) is 0 Å². The Bertz CT molecular complexity index is 999. The lowest BCUT2D eigenvalue weighted by Gasteiger charge is -2.37. The maximum absolute atomic E-state index is 13.1. The second-order valence-electron chi connectivity index (χ2n) is 8.87. The molecule has 0 spiro atoms. The molecule has 1 saturated carbocycles. The van der Waals surface area contributed by atoms with Crippen molar-refractivity contribution in [1.29, 1.82) is 0 Å². The molecule has 4 rings (SSSR count). The van der Waals surface area contributed by atoms with Gasteiger partial charge in [0.05, 0.1) is 0 Å². The van der Waals surface area contributed by atoms with Gasteiger partial charge >= 0.3 is 12.1 Å². The first-order valence-corrected chi connectivity index (χ1v) is 11.6. The van der Waals surface area contributed by atoms with Crippen LogP contribution < -0.4 is 10.6 Å². The van der Waals surface area contributed by atoms with Crippen molar-refractivity contribution in [2.45, 2.75) is 62.9 Å². The molecule has 3 N–H and O–H groups in total. The molecule has 1 atom stereocenters. The predicted molar refractivity (Wildman–Crippen MR) is 124 cm³/mol. The highest BCUT2D eigenvalue weighted by Crippen LogP contribution is 2.44. The van der Waals surface area contributed by atoms with E-state index in [0.717, 1.165) is 41.5 Å². The number of carboxylic acids is 1. The quantitative estimate of drug-likeness (QED) is 0.586. The number of carbonyl (C=O) groups is 3. The number of rotatable bonds is 7. The average molecular weight is 451 g/mol. The third kappa shape index (κ3) is 4.58. The molecule has 2 aliphatic carbocycles. The number of fused-ring (bicyclic) bond motifs is 3. The molecule has 0 saturated heterocycles. The summed E-state index contributed by atoms with van der Waals surface area (Å²) in [6.07, 6.45) is 3.05. The zero-order chi connectivity index (χ0) is 23.4. The summed E-state index contributed by atoms with van der Waals surface area (Å²) < 4.78 is 5.65. The first kappa shape index (κ1) is 22.8. The summed E-state index contributed by atoms with van der Waals surface area (Å²) in [6, 6.07) is 15.2. The van der Waals surface area contributed by atoms with Crippen LogP contribution in [0.25, 0.3) is 11.1 Å². The Balaban J connectivity index is 1.47. The number of amides is 2. The van der Waals surface area contributed by atoms with Gasteiger partial charge in [-0.3, -0.25) is 4.79 Å². The summed E-state index contributed by atoms with van der Waals surface area (Å²) in [7, 11) is 0. The minimum absolute atomic E-state index is 0.0734. The molecule has 0 aliphatic heterocycles. The highest BCUT2D eigenvalue weighted by Gasteiger charge is 2.43. The highest BCUT2D eigenvalue weighted by atomic mass is 16.5. The van der Waals surface area contributed by atoms with Crippen molar-refractivity contribution in [3.05, 3.63) is 59.7 Å². The number of aliphatic carboxylic acids is 1. The SMILES string of the molecule is CC[C@@H](NC(=O)C1(NC(=O)OCC2c3ccccc3-c3ccccc32)CCCCC1)C(=O)O. The summed E-state index contributed by atoms with van der Waals surface area (Å²) in [5, 5.41) is 14.7. The molecule has 0 radical (unpaired) electrons. The molecular weight excluding hydrogens is 420 g/mol. The van der Waals surface area contributed by atoms with E-state index in [4.69, 9.17) is 4.74 Å². The number of carbonyl (C=O) groups excluding carboxylic acids is 2. The number of nitrogens with one attached hydrogen (secondary N) is 2. The van der Waals surface area contributed by atoms with Crippen LogP contribution in [0.2, 0.25) is 0 Å². The maximum atomic E-state index is 13.1. The van der Waals surface area contributed by atoms with E-state index in [2.05, 4.69) is 22.8 Å². The van der Waals surface area contributed by atoms with Gasteiger partial charge in [0.25, 0.3) is 0 Å². The summed E-state index contributed by atoms with van der Waals surface area (Å²) in [5.41, 5.74) is 3.37. The van der Waals surface area contributed by atoms with Gasteiger partial charge in [-0.25, -0.2) is 9.59 Å². The molecule has 33 heavy (non-hydrogen) atoms. The first-order valence-electron chi connectivity index (χ1n) is 11.6. The summed E-state index contributed by atoms with van der Waals surface area (Å²) in [4.78, 5) is 37.3. The largest absolute Gasteiger partial charge is 0.480 e. The van der Waals surface area contributed by atoms with E-state index in [1.54, 1.807) is 6.92 Å². The van der Waals surface area contributed by atoms with Crippen LogP contribution in [0.15, 0.2) is 48.5 Å². The Kier molecular flexibility index (Phi) is 6.67. The second kappa shape index (κ2) is 9.65. The van der Waals surface area contributed by atoms with E-state index in [1.165, 1.54) is 0 Å². The Morgan fingerprint density at radius 2 is 1.58 bits per heavy atom. The number of alkyl carbamates (subject to hydrolysis) is 1. The second-order valence-corrected chi connectivity index (χ2v) is 8.87. The van der Waals surface area contributed by atoms with E-state index >= 15 is 0 Å². The normalized spacial score (nSPS) is 17.4. The van der Waals surface area contributed by atoms with Gasteiger partial charge in [0.2, 0.25) is 5.91 Å². The van der Waals surface area contributed by atoms with Crippen LogP contribution in [0.3, 0.4) is 0 Å². The van der Waals surface area contributed by atoms with Gasteiger partial charge in [0.15, 0.2) is 0 Å². The van der Waals surface area contributed by atoms with Gasteiger partial charge in [-0.05, 0) is 41.5 Å². The minimum Gasteiger partial charge on any atom is -0.480 e. The Hall–Kier alpha value is -3.35. The van der Waals surface area contributed by atoms with E-state index in [9.17, 15) is 19.5 Å². The van der Waals surface area contributed by atoms with Crippen LogP contribution >= 0.6 is 0 Å². The number of carboxylic acid groups (broad SMARTS) is 1. The fraction of sp³-hybridized carbons (Fsp3) is 0.423. The van der Waals surface area contributed by atoms with E-state index < -0.39 is 29.6 Å². The molecule has 7 heteroatoms. The van der Waals surface area contributed by atoms with E-state index in [1.807, 2.05) is 36.4 Å². The first-order chi connectivity index (χ1) is 15.9. The molecule has 0 bridgehead atoms. The van der Waals surface area contributed by atoms with E-state index in [0.29, 0.717) is 12.8 Å². The molecule has 2 aliphatic rings. The Morgan fingerprint density at radius 1 is 1.00 bits per heavy atom. The molecular formula is C26H30N2O5. The molecule has 2 aromatic carbocycles. The van der Waals surface area contributed by atoms with E-state index in [-0.39, 0.29) is 18.9 Å². The lowest BCUT2D eigenvalue weighted by Crippen LogP contribution is -2.62. The number of hydrogen-bond donors (Lipinski definition) is 3. The number of benzene rings is 2. The molecule has 2 aromatic rings. The fourth-order valence-electron chi connectivity index (χ4n) is 5.03. The predicted octanol–water partition coefficient (Wildman–Crippen LogP) is 4.21. The van der Waals surface area contributed by atoms with Crippen molar-refractivity contribution in [3.8, 4) is 11.1 Å². The molecule has 0 unspecified atom stereocenters. The van der Waals surface area contributed by atoms with Crippen molar-refractivity contribution in [1.82, 2.24) is 10.6 Å². The van der Waals surface area contributed by atoms with Crippen LogP contribution in [0.5, 0.6) is 0 Å². The zero-order valence-electron chi connectivity index (χ0n) is 18.8. The Morgan fingerprint density at radius 3 is 2.12 bits per heavy atom. The van der Waals surface area contributed by atoms with Crippen LogP contribution in [0, 0.1) is 0 Å². The monoisotopic (exact) mass is 450 g/mol. The van der Waals surface area contributed by atoms with Gasteiger partial charge in [0, 0.05) is 5.92 Å². The van der Waals surface area contributed by atoms with Gasteiger partial charge in [-0.1, -0.05) is 74.7 Å². The lowest BCUT2D eigenvalue weighted by atomic mass is 9.80. The number of ether oxygens (including phenoxy) is 1.